The van der Waals surface area contributed by atoms with Gasteiger partial charge in [-0.3, -0.25) is 4.79 Å². The molecule has 5 heteroatoms. The molecule has 0 saturated heterocycles. The molecule has 5 nitrogen and oxygen atoms in total. The minimum absolute atomic E-state index is 0.222. The lowest BCUT2D eigenvalue weighted by atomic mass is 10.1. The first-order chi connectivity index (χ1) is 12.3. The Morgan fingerprint density at radius 3 is 2.60 bits per heavy atom. The zero-order valence-electron chi connectivity index (χ0n) is 13.3. The van der Waals surface area contributed by atoms with Crippen LogP contribution in [0.2, 0.25) is 0 Å². The molecule has 4 aromatic rings. The molecule has 2 aromatic carbocycles. The van der Waals surface area contributed by atoms with Gasteiger partial charge in [0.05, 0.1) is 18.2 Å². The summed E-state index contributed by atoms with van der Waals surface area (Å²) in [5, 5.41) is 5.14. The first-order valence-corrected chi connectivity index (χ1v) is 7.86. The van der Waals surface area contributed by atoms with Crippen molar-refractivity contribution in [1.29, 1.82) is 0 Å². The Bertz CT molecular complexity index is 1030. The van der Waals surface area contributed by atoms with Gasteiger partial charge in [-0.05, 0) is 23.8 Å². The molecule has 25 heavy (non-hydrogen) atoms. The van der Waals surface area contributed by atoms with E-state index in [0.717, 1.165) is 27.7 Å². The molecule has 1 amide bonds. The molecule has 2 N–H and O–H groups in total. The summed E-state index contributed by atoms with van der Waals surface area (Å²) in [6.07, 6.45) is 3.10. The van der Waals surface area contributed by atoms with Crippen molar-refractivity contribution in [2.45, 2.75) is 0 Å². The maximum atomic E-state index is 11.9. The average Bonchev–Trinajstić information content (AvgIpc) is 3.31. The normalized spacial score (nSPS) is 11.2. The average molecular weight is 329 g/mol. The lowest BCUT2D eigenvalue weighted by Gasteiger charge is -2.01. The number of nitrogens with one attached hydrogen (secondary N) is 2. The van der Waals surface area contributed by atoms with E-state index in [1.807, 2.05) is 54.6 Å². The number of furan rings is 1. The number of hydrogen-bond acceptors (Lipinski definition) is 3. The van der Waals surface area contributed by atoms with Crippen LogP contribution in [0.1, 0.15) is 16.1 Å². The lowest BCUT2D eigenvalue weighted by molar-refractivity contribution is 0.0927. The third kappa shape index (κ3) is 2.95. The zero-order valence-corrected chi connectivity index (χ0v) is 13.3. The molecule has 0 saturated carbocycles. The summed E-state index contributed by atoms with van der Waals surface area (Å²) in [5.41, 5.74) is 6.43. The molecule has 122 valence electrons. The number of fused-ring (bicyclic) bond motifs is 1. The fourth-order valence-corrected chi connectivity index (χ4v) is 2.75. The Labute approximate surface area is 144 Å². The Kier molecular flexibility index (Phi) is 3.88. The molecule has 0 aliphatic rings. The minimum atomic E-state index is -0.387. The van der Waals surface area contributed by atoms with E-state index in [9.17, 15) is 4.79 Å². The number of carbonyl (C=O) groups is 1. The smallest absolute Gasteiger partial charge is 0.307 e. The van der Waals surface area contributed by atoms with Crippen LogP contribution in [0.15, 0.2) is 82.5 Å². The molecule has 0 spiro atoms. The van der Waals surface area contributed by atoms with Gasteiger partial charge in [0, 0.05) is 16.5 Å². The van der Waals surface area contributed by atoms with Gasteiger partial charge in [0.1, 0.15) is 0 Å². The second kappa shape index (κ2) is 6.49. The number of nitrogens with zero attached hydrogens (tertiary/aromatic N) is 1. The number of aromatic amines is 1. The van der Waals surface area contributed by atoms with E-state index >= 15 is 0 Å². The molecule has 0 bridgehead atoms. The Balaban J connectivity index is 1.70. The summed E-state index contributed by atoms with van der Waals surface area (Å²) in [5.74, 6) is -0.165. The topological polar surface area (TPSA) is 70.4 Å². The van der Waals surface area contributed by atoms with Gasteiger partial charge in [-0.25, -0.2) is 5.43 Å². The number of benzene rings is 2. The number of hydrogen-bond donors (Lipinski definition) is 2. The molecule has 0 aliphatic heterocycles. The van der Waals surface area contributed by atoms with E-state index in [2.05, 4.69) is 15.5 Å². The number of aromatic nitrogens is 1. The van der Waals surface area contributed by atoms with E-state index in [0.29, 0.717) is 0 Å². The molecule has 0 fully saturated rings. The van der Waals surface area contributed by atoms with Crippen LogP contribution in [-0.2, 0) is 0 Å². The van der Waals surface area contributed by atoms with E-state index in [1.165, 1.54) is 6.26 Å². The van der Waals surface area contributed by atoms with Gasteiger partial charge >= 0.3 is 5.91 Å². The van der Waals surface area contributed by atoms with Crippen molar-refractivity contribution < 1.29 is 9.21 Å². The van der Waals surface area contributed by atoms with Gasteiger partial charge in [0.25, 0.3) is 0 Å². The van der Waals surface area contributed by atoms with E-state index < -0.39 is 0 Å². The van der Waals surface area contributed by atoms with Crippen molar-refractivity contribution in [1.82, 2.24) is 10.4 Å². The van der Waals surface area contributed by atoms with Gasteiger partial charge in [-0.1, -0.05) is 48.5 Å². The van der Waals surface area contributed by atoms with E-state index in [1.54, 1.807) is 18.3 Å². The zero-order chi connectivity index (χ0) is 17.1. The van der Waals surface area contributed by atoms with Crippen LogP contribution in [0.5, 0.6) is 0 Å². The van der Waals surface area contributed by atoms with E-state index in [4.69, 9.17) is 4.42 Å². The van der Waals surface area contributed by atoms with Gasteiger partial charge in [0.2, 0.25) is 0 Å². The second-order valence-corrected chi connectivity index (χ2v) is 5.50. The predicted molar refractivity (Wildman–Crippen MR) is 97.5 cm³/mol. The first kappa shape index (κ1) is 15.0. The van der Waals surface area contributed by atoms with Crippen molar-refractivity contribution in [3.8, 4) is 11.3 Å². The molecule has 4 rings (SSSR count). The molecular formula is C20H15N3O2. The van der Waals surface area contributed by atoms with Crippen LogP contribution < -0.4 is 5.43 Å². The van der Waals surface area contributed by atoms with Crippen LogP contribution in [0, 0.1) is 0 Å². The molecule has 2 aromatic heterocycles. The number of para-hydroxylation sites is 1. The standard InChI is InChI=1S/C20H15N3O2/c24-20(18-11-6-12-25-18)23-21-13-16-15-9-4-5-10-17(15)22-19(16)14-7-2-1-3-8-14/h1-13,22H,(H,23,24)/b21-13+. The van der Waals surface area contributed by atoms with Crippen molar-refractivity contribution in [3.63, 3.8) is 0 Å². The molecule has 0 radical (unpaired) electrons. The Hall–Kier alpha value is -3.60. The Morgan fingerprint density at radius 1 is 1.00 bits per heavy atom. The first-order valence-electron chi connectivity index (χ1n) is 7.86. The minimum Gasteiger partial charge on any atom is -0.459 e. The molecule has 0 atom stereocenters. The fourth-order valence-electron chi connectivity index (χ4n) is 2.75. The number of amides is 1. The number of H-pyrrole nitrogens is 1. The van der Waals surface area contributed by atoms with Crippen molar-refractivity contribution in [2.75, 3.05) is 0 Å². The monoisotopic (exact) mass is 329 g/mol. The Morgan fingerprint density at radius 2 is 1.80 bits per heavy atom. The van der Waals surface area contributed by atoms with Crippen LogP contribution in [0.3, 0.4) is 0 Å². The second-order valence-electron chi connectivity index (χ2n) is 5.50. The van der Waals surface area contributed by atoms with Crippen LogP contribution in [-0.4, -0.2) is 17.1 Å². The lowest BCUT2D eigenvalue weighted by Crippen LogP contribution is -2.16. The fraction of sp³-hybridized carbons (Fsp3) is 0. The highest BCUT2D eigenvalue weighted by atomic mass is 16.3. The summed E-state index contributed by atoms with van der Waals surface area (Å²) in [6, 6.07) is 21.3. The maximum absolute atomic E-state index is 11.9. The largest absolute Gasteiger partial charge is 0.459 e. The third-order valence-electron chi connectivity index (χ3n) is 3.91. The number of carbonyl (C=O) groups excluding carboxylic acids is 1. The van der Waals surface area contributed by atoms with Gasteiger partial charge in [-0.2, -0.15) is 5.10 Å². The maximum Gasteiger partial charge on any atom is 0.307 e. The SMILES string of the molecule is O=C(N/N=C/c1c(-c2ccccc2)[nH]c2ccccc12)c1ccco1. The van der Waals surface area contributed by atoms with Crippen molar-refractivity contribution >= 4 is 23.0 Å². The van der Waals surface area contributed by atoms with Gasteiger partial charge in [-0.15, -0.1) is 0 Å². The molecule has 2 heterocycles. The predicted octanol–water partition coefficient (Wildman–Crippen LogP) is 4.19. The molecule has 0 unspecified atom stereocenters. The van der Waals surface area contributed by atoms with Gasteiger partial charge < -0.3 is 9.40 Å². The van der Waals surface area contributed by atoms with E-state index in [-0.39, 0.29) is 11.7 Å². The highest BCUT2D eigenvalue weighted by molar-refractivity contribution is 6.06. The number of hydrazone groups is 1. The quantitative estimate of drug-likeness (QED) is 0.435. The summed E-state index contributed by atoms with van der Waals surface area (Å²) in [7, 11) is 0. The highest BCUT2D eigenvalue weighted by Gasteiger charge is 2.12. The molecule has 0 aliphatic carbocycles. The number of rotatable bonds is 4. The molecular weight excluding hydrogens is 314 g/mol. The third-order valence-corrected chi connectivity index (χ3v) is 3.91. The summed E-state index contributed by atoms with van der Waals surface area (Å²) < 4.78 is 5.05. The van der Waals surface area contributed by atoms with Crippen molar-refractivity contribution in [2.24, 2.45) is 5.10 Å². The van der Waals surface area contributed by atoms with Crippen LogP contribution in [0.4, 0.5) is 0 Å². The summed E-state index contributed by atoms with van der Waals surface area (Å²) in [4.78, 5) is 15.4. The van der Waals surface area contributed by atoms with Crippen LogP contribution in [0.25, 0.3) is 22.2 Å². The van der Waals surface area contributed by atoms with Gasteiger partial charge in [0.15, 0.2) is 5.76 Å². The highest BCUT2D eigenvalue weighted by Crippen LogP contribution is 2.28. The summed E-state index contributed by atoms with van der Waals surface area (Å²) in [6.45, 7) is 0. The summed E-state index contributed by atoms with van der Waals surface area (Å²) >= 11 is 0. The van der Waals surface area contributed by atoms with Crippen LogP contribution >= 0.6 is 0 Å². The van der Waals surface area contributed by atoms with Crippen molar-refractivity contribution in [3.05, 3.63) is 84.3 Å².